The van der Waals surface area contributed by atoms with E-state index in [9.17, 15) is 4.79 Å². The Morgan fingerprint density at radius 3 is 2.20 bits per heavy atom. The van der Waals surface area contributed by atoms with Gasteiger partial charge in [-0.1, -0.05) is 34.1 Å². The maximum absolute atomic E-state index is 12.0. The monoisotopic (exact) mass is 354 g/mol. The molecule has 5 nitrogen and oxygen atoms in total. The van der Waals surface area contributed by atoms with Gasteiger partial charge in [0.25, 0.3) is 0 Å². The Kier molecular flexibility index (Phi) is 13.4. The first-order valence-corrected chi connectivity index (χ1v) is 8.67. The molecule has 0 atom stereocenters. The minimum Gasteiger partial charge on any atom is -0.496 e. The molecule has 0 unspecified atom stereocenters. The Labute approximate surface area is 152 Å². The molecule has 2 N–H and O–H groups in total. The van der Waals surface area contributed by atoms with E-state index in [1.165, 1.54) is 0 Å². The number of rotatable bonds is 6. The van der Waals surface area contributed by atoms with Gasteiger partial charge in [-0.2, -0.15) is 0 Å². The maximum atomic E-state index is 12.0. The minimum absolute atomic E-state index is 0. The molecule has 0 amide bonds. The second-order valence-corrected chi connectivity index (χ2v) is 4.99. The van der Waals surface area contributed by atoms with E-state index in [4.69, 9.17) is 14.2 Å². The summed E-state index contributed by atoms with van der Waals surface area (Å²) in [6.07, 6.45) is 2.68. The van der Waals surface area contributed by atoms with E-state index in [0.29, 0.717) is 24.5 Å². The second kappa shape index (κ2) is 13.3. The van der Waals surface area contributed by atoms with Crippen LogP contribution in [-0.2, 0) is 17.8 Å². The SMILES string of the molecule is C=C.CC.CCCOc1c(CCC)c(OC)c(C)c2c1C(=O)OC2.O. The summed E-state index contributed by atoms with van der Waals surface area (Å²) in [4.78, 5) is 12.0. The third-order valence-electron chi connectivity index (χ3n) is 3.58. The third kappa shape index (κ3) is 5.49. The number of methoxy groups -OCH3 is 1. The number of fused-ring (bicyclic) bond motifs is 1. The predicted molar refractivity (Wildman–Crippen MR) is 103 cm³/mol. The summed E-state index contributed by atoms with van der Waals surface area (Å²) >= 11 is 0. The van der Waals surface area contributed by atoms with Gasteiger partial charge in [-0.3, -0.25) is 0 Å². The molecule has 144 valence electrons. The number of ether oxygens (including phenoxy) is 3. The molecule has 0 saturated heterocycles. The number of benzene rings is 1. The lowest BCUT2D eigenvalue weighted by Crippen LogP contribution is -2.09. The molecule has 5 heteroatoms. The molecule has 0 aliphatic carbocycles. The molecule has 1 aromatic rings. The van der Waals surface area contributed by atoms with E-state index in [-0.39, 0.29) is 11.4 Å². The zero-order chi connectivity index (χ0) is 18.7. The van der Waals surface area contributed by atoms with Gasteiger partial charge in [-0.05, 0) is 25.3 Å². The van der Waals surface area contributed by atoms with E-state index >= 15 is 0 Å². The summed E-state index contributed by atoms with van der Waals surface area (Å²) in [5.74, 6) is 1.21. The Morgan fingerprint density at radius 2 is 1.72 bits per heavy atom. The number of cyclic esters (lactones) is 1. The number of esters is 1. The fraction of sp³-hybridized carbons (Fsp3) is 0.550. The van der Waals surface area contributed by atoms with Gasteiger partial charge in [0.15, 0.2) is 0 Å². The number of hydrogen-bond donors (Lipinski definition) is 0. The summed E-state index contributed by atoms with van der Waals surface area (Å²) in [5.41, 5.74) is 3.47. The van der Waals surface area contributed by atoms with E-state index in [1.54, 1.807) is 7.11 Å². The zero-order valence-corrected chi connectivity index (χ0v) is 16.6. The van der Waals surface area contributed by atoms with E-state index in [1.807, 2.05) is 27.7 Å². The molecule has 2 rings (SSSR count). The van der Waals surface area contributed by atoms with Crippen molar-refractivity contribution in [3.8, 4) is 11.5 Å². The highest BCUT2D eigenvalue weighted by Crippen LogP contribution is 2.42. The summed E-state index contributed by atoms with van der Waals surface area (Å²) in [6, 6.07) is 0. The first-order chi connectivity index (χ1) is 11.7. The van der Waals surface area contributed by atoms with Gasteiger partial charge in [0, 0.05) is 11.1 Å². The van der Waals surface area contributed by atoms with Crippen molar-refractivity contribution < 1.29 is 24.5 Å². The fourth-order valence-corrected chi connectivity index (χ4v) is 2.66. The van der Waals surface area contributed by atoms with E-state index in [0.717, 1.165) is 41.7 Å². The molecular weight excluding hydrogens is 320 g/mol. The number of carbonyl (C=O) groups is 1. The van der Waals surface area contributed by atoms with Crippen molar-refractivity contribution in [2.24, 2.45) is 0 Å². The first-order valence-electron chi connectivity index (χ1n) is 8.67. The van der Waals surface area contributed by atoms with Crippen molar-refractivity contribution in [1.82, 2.24) is 0 Å². The van der Waals surface area contributed by atoms with Crippen LogP contribution in [0, 0.1) is 6.92 Å². The van der Waals surface area contributed by atoms with E-state index in [2.05, 4.69) is 20.1 Å². The van der Waals surface area contributed by atoms with Crippen LogP contribution in [0.15, 0.2) is 13.2 Å². The highest BCUT2D eigenvalue weighted by molar-refractivity contribution is 5.98. The van der Waals surface area contributed by atoms with Crippen molar-refractivity contribution >= 4 is 5.97 Å². The summed E-state index contributed by atoms with van der Waals surface area (Å²) in [7, 11) is 1.66. The fourth-order valence-electron chi connectivity index (χ4n) is 2.66. The van der Waals surface area contributed by atoms with Crippen LogP contribution >= 0.6 is 0 Å². The van der Waals surface area contributed by atoms with Crippen LogP contribution in [0.5, 0.6) is 11.5 Å². The van der Waals surface area contributed by atoms with Gasteiger partial charge in [0.05, 0.1) is 13.7 Å². The van der Waals surface area contributed by atoms with Gasteiger partial charge in [-0.15, -0.1) is 13.2 Å². The quantitative estimate of drug-likeness (QED) is 0.560. The van der Waals surface area contributed by atoms with Crippen LogP contribution in [0.25, 0.3) is 0 Å². The molecule has 0 spiro atoms. The average molecular weight is 354 g/mol. The topological polar surface area (TPSA) is 76.3 Å². The molecule has 1 aliphatic heterocycles. The van der Waals surface area contributed by atoms with Crippen molar-refractivity contribution in [3.63, 3.8) is 0 Å². The van der Waals surface area contributed by atoms with Gasteiger partial charge < -0.3 is 19.7 Å². The minimum atomic E-state index is -0.283. The first kappa shape index (κ1) is 25.2. The van der Waals surface area contributed by atoms with Crippen LogP contribution in [0.1, 0.15) is 67.6 Å². The normalized spacial score (nSPS) is 10.9. The summed E-state index contributed by atoms with van der Waals surface area (Å²) < 4.78 is 16.6. The Balaban J connectivity index is 0. The van der Waals surface area contributed by atoms with Crippen molar-refractivity contribution in [2.75, 3.05) is 13.7 Å². The Morgan fingerprint density at radius 1 is 1.12 bits per heavy atom. The standard InChI is InChI=1S/C16H22O4.C2H6.C2H4.H2O/c1-5-7-11-14(18-4)10(3)12-9-20-16(17)13(12)15(11)19-8-6-2;2*1-2;/h5-9H2,1-4H3;1-2H3;1-2H2;1H2. The lowest BCUT2D eigenvalue weighted by molar-refractivity contribution is 0.0532. The van der Waals surface area contributed by atoms with Gasteiger partial charge in [0.1, 0.15) is 23.7 Å². The summed E-state index contributed by atoms with van der Waals surface area (Å²) in [6.45, 7) is 17.0. The largest absolute Gasteiger partial charge is 0.496 e. The number of hydrogen-bond acceptors (Lipinski definition) is 4. The molecule has 0 bridgehead atoms. The van der Waals surface area contributed by atoms with Crippen molar-refractivity contribution in [1.29, 1.82) is 0 Å². The van der Waals surface area contributed by atoms with E-state index < -0.39 is 0 Å². The van der Waals surface area contributed by atoms with Crippen LogP contribution in [-0.4, -0.2) is 25.2 Å². The highest BCUT2D eigenvalue weighted by atomic mass is 16.5. The maximum Gasteiger partial charge on any atom is 0.342 e. The molecule has 1 aromatic carbocycles. The molecule has 25 heavy (non-hydrogen) atoms. The second-order valence-electron chi connectivity index (χ2n) is 4.99. The van der Waals surface area contributed by atoms with Crippen LogP contribution in [0.4, 0.5) is 0 Å². The third-order valence-corrected chi connectivity index (χ3v) is 3.58. The molecule has 0 radical (unpaired) electrons. The van der Waals surface area contributed by atoms with Crippen LogP contribution in [0.2, 0.25) is 0 Å². The van der Waals surface area contributed by atoms with Gasteiger partial charge in [0.2, 0.25) is 0 Å². The molecule has 1 aliphatic rings. The van der Waals surface area contributed by atoms with Crippen LogP contribution in [0.3, 0.4) is 0 Å². The lowest BCUT2D eigenvalue weighted by Gasteiger charge is -2.19. The molecular formula is C20H34O5. The predicted octanol–water partition coefficient (Wildman–Crippen LogP) is 4.42. The van der Waals surface area contributed by atoms with Crippen molar-refractivity contribution in [3.05, 3.63) is 35.4 Å². The highest BCUT2D eigenvalue weighted by Gasteiger charge is 2.32. The van der Waals surface area contributed by atoms with Gasteiger partial charge >= 0.3 is 5.97 Å². The van der Waals surface area contributed by atoms with Crippen molar-refractivity contribution in [2.45, 2.75) is 60.5 Å². The molecule has 1 heterocycles. The molecule has 0 aromatic heterocycles. The van der Waals surface area contributed by atoms with Crippen LogP contribution < -0.4 is 9.47 Å². The lowest BCUT2D eigenvalue weighted by atomic mass is 9.95. The summed E-state index contributed by atoms with van der Waals surface area (Å²) in [5, 5.41) is 0. The average Bonchev–Trinajstić information content (AvgIpc) is 3.01. The smallest absolute Gasteiger partial charge is 0.342 e. The molecule has 0 fully saturated rings. The number of carbonyl (C=O) groups excluding carboxylic acids is 1. The zero-order valence-electron chi connectivity index (χ0n) is 16.6. The Hall–Kier alpha value is -2.01. The Bertz CT molecular complexity index is 538. The molecule has 0 saturated carbocycles. The van der Waals surface area contributed by atoms with Gasteiger partial charge in [-0.25, -0.2) is 4.79 Å².